The number of nitrogens with zero attached hydrogens (tertiary/aromatic N) is 5. The number of hydrogen-bond donors (Lipinski definition) is 1. The summed E-state index contributed by atoms with van der Waals surface area (Å²) in [5.41, 5.74) is 2.66. The average Bonchev–Trinajstić information content (AvgIpc) is 3.11. The highest BCUT2D eigenvalue weighted by Crippen LogP contribution is 2.23. The van der Waals surface area contributed by atoms with Gasteiger partial charge in [0.05, 0.1) is 17.1 Å². The molecule has 0 spiro atoms. The van der Waals surface area contributed by atoms with E-state index in [0.717, 1.165) is 11.4 Å². The number of carbonyl (C=O) groups is 1. The van der Waals surface area contributed by atoms with Crippen LogP contribution in [-0.2, 0) is 12.5 Å². The minimum Gasteiger partial charge on any atom is -0.305 e. The molecule has 1 amide bonds. The quantitative estimate of drug-likeness (QED) is 0.796. The van der Waals surface area contributed by atoms with Gasteiger partial charge in [-0.1, -0.05) is 44.2 Å². The molecule has 130 valence electrons. The summed E-state index contributed by atoms with van der Waals surface area (Å²) in [6.45, 7) is 8.06. The summed E-state index contributed by atoms with van der Waals surface area (Å²) in [7, 11) is 1.80. The zero-order valence-electron chi connectivity index (χ0n) is 15.1. The Morgan fingerprint density at radius 2 is 1.84 bits per heavy atom. The molecule has 0 atom stereocenters. The molecule has 0 aliphatic heterocycles. The molecular weight excluding hydrogens is 316 g/mol. The number of amides is 1. The lowest BCUT2D eigenvalue weighted by atomic mass is 9.92. The molecule has 2 heterocycles. The molecule has 3 rings (SSSR count). The van der Waals surface area contributed by atoms with Gasteiger partial charge in [-0.2, -0.15) is 5.10 Å². The van der Waals surface area contributed by atoms with Crippen LogP contribution in [0.5, 0.6) is 0 Å². The van der Waals surface area contributed by atoms with Crippen molar-refractivity contribution in [2.24, 2.45) is 7.05 Å². The van der Waals surface area contributed by atoms with E-state index in [-0.39, 0.29) is 11.3 Å². The van der Waals surface area contributed by atoms with Crippen LogP contribution < -0.4 is 5.32 Å². The number of para-hydroxylation sites is 1. The van der Waals surface area contributed by atoms with E-state index in [9.17, 15) is 4.79 Å². The smallest absolute Gasteiger partial charge is 0.279 e. The van der Waals surface area contributed by atoms with Gasteiger partial charge < -0.3 is 5.32 Å². The van der Waals surface area contributed by atoms with Crippen molar-refractivity contribution in [3.8, 4) is 5.69 Å². The first-order valence-electron chi connectivity index (χ1n) is 8.11. The van der Waals surface area contributed by atoms with Gasteiger partial charge in [0.1, 0.15) is 5.82 Å². The van der Waals surface area contributed by atoms with Crippen LogP contribution in [0.4, 0.5) is 5.82 Å². The fourth-order valence-corrected chi connectivity index (χ4v) is 2.48. The summed E-state index contributed by atoms with van der Waals surface area (Å²) in [5.74, 6) is 0.326. The summed E-state index contributed by atoms with van der Waals surface area (Å²) in [4.78, 5) is 12.6. The first-order chi connectivity index (χ1) is 11.8. The third-order valence-corrected chi connectivity index (χ3v) is 4.00. The molecule has 1 N–H and O–H groups in total. The number of hydrogen-bond acceptors (Lipinski definition) is 4. The molecule has 7 heteroatoms. The van der Waals surface area contributed by atoms with E-state index in [2.05, 4.69) is 41.5 Å². The van der Waals surface area contributed by atoms with Gasteiger partial charge in [-0.15, -0.1) is 5.10 Å². The minimum absolute atomic E-state index is 0.0902. The Balaban J connectivity index is 1.86. The highest BCUT2D eigenvalue weighted by molar-refractivity contribution is 6.03. The maximum atomic E-state index is 12.6. The molecule has 0 aliphatic rings. The van der Waals surface area contributed by atoms with Crippen molar-refractivity contribution in [3.63, 3.8) is 0 Å². The molecule has 0 radical (unpaired) electrons. The van der Waals surface area contributed by atoms with Crippen LogP contribution in [0.1, 0.15) is 42.6 Å². The maximum absolute atomic E-state index is 12.6. The van der Waals surface area contributed by atoms with Gasteiger partial charge in [-0.05, 0) is 19.1 Å². The zero-order valence-corrected chi connectivity index (χ0v) is 15.1. The van der Waals surface area contributed by atoms with Crippen molar-refractivity contribution < 1.29 is 4.79 Å². The number of nitrogens with one attached hydrogen (secondary N) is 1. The van der Waals surface area contributed by atoms with Crippen LogP contribution in [0, 0.1) is 6.92 Å². The van der Waals surface area contributed by atoms with Crippen molar-refractivity contribution in [2.75, 3.05) is 5.32 Å². The van der Waals surface area contributed by atoms with E-state index in [4.69, 9.17) is 0 Å². The van der Waals surface area contributed by atoms with Crippen molar-refractivity contribution in [1.82, 2.24) is 24.8 Å². The van der Waals surface area contributed by atoms with E-state index in [1.165, 1.54) is 0 Å². The Labute approximate surface area is 146 Å². The molecule has 1 aromatic carbocycles. The highest BCUT2D eigenvalue weighted by Gasteiger charge is 2.22. The number of benzene rings is 1. The van der Waals surface area contributed by atoms with E-state index in [0.29, 0.717) is 17.2 Å². The van der Waals surface area contributed by atoms with Gasteiger partial charge in [0, 0.05) is 18.5 Å². The largest absolute Gasteiger partial charge is 0.305 e. The summed E-state index contributed by atoms with van der Waals surface area (Å²) in [6, 6.07) is 11.5. The standard InChI is InChI=1S/C18H22N6O/c1-12-16(20-22-24(12)13-9-7-6-8-10-13)17(25)19-15-11-14(18(2,3)4)21-23(15)5/h6-11H,1-5H3,(H,19,25). The first-order valence-corrected chi connectivity index (χ1v) is 8.11. The van der Waals surface area contributed by atoms with Crippen LogP contribution in [-0.4, -0.2) is 30.7 Å². The third-order valence-electron chi connectivity index (χ3n) is 4.00. The monoisotopic (exact) mass is 338 g/mol. The fraction of sp³-hybridized carbons (Fsp3) is 0.333. The Morgan fingerprint density at radius 3 is 2.44 bits per heavy atom. The zero-order chi connectivity index (χ0) is 18.2. The second kappa shape index (κ2) is 6.16. The number of aryl methyl sites for hydroxylation is 1. The van der Waals surface area contributed by atoms with Crippen LogP contribution in [0.3, 0.4) is 0 Å². The molecule has 25 heavy (non-hydrogen) atoms. The van der Waals surface area contributed by atoms with Gasteiger partial charge in [-0.3, -0.25) is 9.48 Å². The third kappa shape index (κ3) is 3.31. The van der Waals surface area contributed by atoms with E-state index >= 15 is 0 Å². The van der Waals surface area contributed by atoms with Gasteiger partial charge in [0.2, 0.25) is 0 Å². The number of anilines is 1. The van der Waals surface area contributed by atoms with Crippen LogP contribution in [0.15, 0.2) is 36.4 Å². The summed E-state index contributed by atoms with van der Waals surface area (Å²) in [6.07, 6.45) is 0. The highest BCUT2D eigenvalue weighted by atomic mass is 16.2. The summed E-state index contributed by atoms with van der Waals surface area (Å²) in [5, 5.41) is 15.5. The lowest BCUT2D eigenvalue weighted by Crippen LogP contribution is -2.16. The molecule has 0 saturated heterocycles. The maximum Gasteiger partial charge on any atom is 0.279 e. The van der Waals surface area contributed by atoms with Gasteiger partial charge in [0.25, 0.3) is 5.91 Å². The molecule has 0 fully saturated rings. The van der Waals surface area contributed by atoms with E-state index < -0.39 is 0 Å². The van der Waals surface area contributed by atoms with Gasteiger partial charge in [-0.25, -0.2) is 4.68 Å². The van der Waals surface area contributed by atoms with Crippen molar-refractivity contribution in [2.45, 2.75) is 33.1 Å². The second-order valence-corrected chi connectivity index (χ2v) is 7.01. The van der Waals surface area contributed by atoms with Crippen molar-refractivity contribution in [3.05, 3.63) is 53.5 Å². The molecule has 3 aromatic rings. The molecule has 2 aromatic heterocycles. The average molecular weight is 338 g/mol. The first kappa shape index (κ1) is 16.9. The lowest BCUT2D eigenvalue weighted by Gasteiger charge is -2.13. The summed E-state index contributed by atoms with van der Waals surface area (Å²) < 4.78 is 3.31. The predicted octanol–water partition coefficient (Wildman–Crippen LogP) is 2.86. The Hall–Kier alpha value is -2.96. The van der Waals surface area contributed by atoms with Crippen LogP contribution in [0.25, 0.3) is 5.69 Å². The van der Waals surface area contributed by atoms with Crippen molar-refractivity contribution >= 4 is 11.7 Å². The predicted molar refractivity (Wildman–Crippen MR) is 96.0 cm³/mol. The number of rotatable bonds is 3. The summed E-state index contributed by atoms with van der Waals surface area (Å²) >= 11 is 0. The molecule has 7 nitrogen and oxygen atoms in total. The van der Waals surface area contributed by atoms with Crippen LogP contribution in [0.2, 0.25) is 0 Å². The van der Waals surface area contributed by atoms with Crippen LogP contribution >= 0.6 is 0 Å². The molecule has 0 unspecified atom stereocenters. The Morgan fingerprint density at radius 1 is 1.16 bits per heavy atom. The SMILES string of the molecule is Cc1c(C(=O)Nc2cc(C(C)(C)C)nn2C)nnn1-c1ccccc1. The minimum atomic E-state index is -0.303. The molecular formula is C18H22N6O. The molecule has 0 bridgehead atoms. The fourth-order valence-electron chi connectivity index (χ4n) is 2.48. The Kier molecular flexibility index (Phi) is 4.16. The second-order valence-electron chi connectivity index (χ2n) is 7.01. The molecule has 0 saturated carbocycles. The van der Waals surface area contributed by atoms with E-state index in [1.54, 1.807) is 16.4 Å². The number of carbonyl (C=O) groups excluding carboxylic acids is 1. The normalized spacial score (nSPS) is 11.6. The van der Waals surface area contributed by atoms with Gasteiger partial charge >= 0.3 is 0 Å². The van der Waals surface area contributed by atoms with Gasteiger partial charge in [0.15, 0.2) is 5.69 Å². The van der Waals surface area contributed by atoms with Crippen molar-refractivity contribution in [1.29, 1.82) is 0 Å². The van der Waals surface area contributed by atoms with E-state index in [1.807, 2.05) is 43.3 Å². The Bertz CT molecular complexity index is 902. The molecule has 0 aliphatic carbocycles. The lowest BCUT2D eigenvalue weighted by molar-refractivity contribution is 0.102. The topological polar surface area (TPSA) is 77.6 Å². The number of aromatic nitrogens is 5.